The van der Waals surface area contributed by atoms with E-state index in [0.29, 0.717) is 16.9 Å². The predicted molar refractivity (Wildman–Crippen MR) is 94.3 cm³/mol. The number of benzene rings is 1. The minimum Gasteiger partial charge on any atom is -0.279 e. The number of hydrogen-bond donors (Lipinski definition) is 0. The average molecular weight is 337 g/mol. The zero-order chi connectivity index (χ0) is 16.7. The van der Waals surface area contributed by atoms with E-state index in [4.69, 9.17) is 0 Å². The summed E-state index contributed by atoms with van der Waals surface area (Å²) < 4.78 is 3.50. The molecule has 0 atom stereocenters. The molecule has 120 valence electrons. The van der Waals surface area contributed by atoms with Crippen molar-refractivity contribution in [2.75, 3.05) is 0 Å². The van der Waals surface area contributed by atoms with Gasteiger partial charge in [-0.05, 0) is 31.2 Å². The number of fused-ring (bicyclic) bond motifs is 3. The Morgan fingerprint density at radius 2 is 2.04 bits per heavy atom. The Hall–Kier alpha value is -2.67. The number of aromatic nitrogens is 5. The van der Waals surface area contributed by atoms with E-state index in [9.17, 15) is 4.79 Å². The minimum absolute atomic E-state index is 0.0578. The van der Waals surface area contributed by atoms with E-state index in [2.05, 4.69) is 15.2 Å². The van der Waals surface area contributed by atoms with Crippen LogP contribution in [0, 0.1) is 6.92 Å². The van der Waals surface area contributed by atoms with Crippen LogP contribution < -0.4 is 5.56 Å². The molecule has 0 radical (unpaired) electrons. The van der Waals surface area contributed by atoms with Crippen LogP contribution in [0.1, 0.15) is 11.4 Å². The summed E-state index contributed by atoms with van der Waals surface area (Å²) in [4.78, 5) is 16.9. The quantitative estimate of drug-likeness (QED) is 0.538. The molecule has 0 saturated heterocycles. The zero-order valence-electron chi connectivity index (χ0n) is 13.3. The summed E-state index contributed by atoms with van der Waals surface area (Å²) in [7, 11) is 1.73. The first-order valence-electron chi connectivity index (χ1n) is 7.52. The van der Waals surface area contributed by atoms with Crippen molar-refractivity contribution >= 4 is 28.4 Å². The average Bonchev–Trinajstić information content (AvgIpc) is 3.03. The third-order valence-corrected chi connectivity index (χ3v) is 4.87. The molecule has 0 aliphatic heterocycles. The van der Waals surface area contributed by atoms with Crippen LogP contribution in [0.5, 0.6) is 0 Å². The second kappa shape index (κ2) is 5.76. The maximum atomic E-state index is 12.5. The van der Waals surface area contributed by atoms with Gasteiger partial charge in [0.15, 0.2) is 0 Å². The summed E-state index contributed by atoms with van der Waals surface area (Å²) in [5, 5.41) is 10.1. The van der Waals surface area contributed by atoms with Crippen molar-refractivity contribution in [3.63, 3.8) is 0 Å². The van der Waals surface area contributed by atoms with Crippen molar-refractivity contribution in [1.29, 1.82) is 0 Å². The number of hydrogen-bond acceptors (Lipinski definition) is 5. The molecule has 7 heteroatoms. The Bertz CT molecular complexity index is 1100. The summed E-state index contributed by atoms with van der Waals surface area (Å²) in [6, 6.07) is 11.7. The first kappa shape index (κ1) is 14.9. The minimum atomic E-state index is -0.0578. The van der Waals surface area contributed by atoms with E-state index >= 15 is 0 Å². The molecule has 3 aromatic heterocycles. The van der Waals surface area contributed by atoms with Gasteiger partial charge in [0.05, 0.1) is 21.7 Å². The number of nitrogens with zero attached hydrogens (tertiary/aromatic N) is 5. The molecule has 0 fully saturated rings. The van der Waals surface area contributed by atoms with Crippen LogP contribution in [0.2, 0.25) is 0 Å². The van der Waals surface area contributed by atoms with Gasteiger partial charge in [-0.1, -0.05) is 29.5 Å². The molecule has 3 heterocycles. The topological polar surface area (TPSA) is 65.1 Å². The maximum Gasteiger partial charge on any atom is 0.262 e. The number of rotatable bonds is 3. The van der Waals surface area contributed by atoms with E-state index in [1.54, 1.807) is 29.6 Å². The number of thioether (sulfide) groups is 1. The van der Waals surface area contributed by atoms with Gasteiger partial charge in [-0.3, -0.25) is 13.8 Å². The fourth-order valence-corrected chi connectivity index (χ4v) is 3.50. The van der Waals surface area contributed by atoms with Crippen LogP contribution >= 0.6 is 11.8 Å². The van der Waals surface area contributed by atoms with Crippen molar-refractivity contribution in [2.24, 2.45) is 7.05 Å². The molecule has 0 N–H and O–H groups in total. The smallest absolute Gasteiger partial charge is 0.262 e. The van der Waals surface area contributed by atoms with Gasteiger partial charge >= 0.3 is 0 Å². The molecular formula is C17H15N5OS. The van der Waals surface area contributed by atoms with Crippen LogP contribution in [0.4, 0.5) is 0 Å². The van der Waals surface area contributed by atoms with Crippen molar-refractivity contribution in [3.05, 3.63) is 64.3 Å². The fraction of sp³-hybridized carbons (Fsp3) is 0.176. The number of aryl methyl sites for hydroxylation is 2. The molecular weight excluding hydrogens is 322 g/mol. The standard InChI is InChI=1S/C17H15N5OS/c1-11-6-7-13-12(9-11)16(23)21(2)17-20-19-14(22(13)17)10-24-15-5-3-4-8-18-15/h3-9H,10H2,1-2H3. The highest BCUT2D eigenvalue weighted by molar-refractivity contribution is 7.98. The summed E-state index contributed by atoms with van der Waals surface area (Å²) in [6.07, 6.45) is 1.77. The van der Waals surface area contributed by atoms with Gasteiger partial charge in [-0.2, -0.15) is 0 Å². The lowest BCUT2D eigenvalue weighted by molar-refractivity contribution is 0.857. The third kappa shape index (κ3) is 2.37. The molecule has 24 heavy (non-hydrogen) atoms. The van der Waals surface area contributed by atoms with E-state index < -0.39 is 0 Å². The van der Waals surface area contributed by atoms with E-state index in [-0.39, 0.29) is 5.56 Å². The molecule has 0 amide bonds. The zero-order valence-corrected chi connectivity index (χ0v) is 14.1. The Balaban J connectivity index is 1.88. The van der Waals surface area contributed by atoms with Crippen LogP contribution in [0.3, 0.4) is 0 Å². The van der Waals surface area contributed by atoms with Gasteiger partial charge < -0.3 is 0 Å². The highest BCUT2D eigenvalue weighted by atomic mass is 32.2. The fourth-order valence-electron chi connectivity index (χ4n) is 2.72. The highest BCUT2D eigenvalue weighted by Crippen LogP contribution is 2.22. The lowest BCUT2D eigenvalue weighted by Gasteiger charge is -2.08. The van der Waals surface area contributed by atoms with Crippen LogP contribution in [-0.4, -0.2) is 24.1 Å². The van der Waals surface area contributed by atoms with Gasteiger partial charge in [-0.25, -0.2) is 4.98 Å². The molecule has 1 aromatic carbocycles. The molecule has 4 aromatic rings. The summed E-state index contributed by atoms with van der Waals surface area (Å²) >= 11 is 1.59. The SMILES string of the molecule is Cc1ccc2c(c1)c(=O)n(C)c1nnc(CSc3ccccn3)n21. The van der Waals surface area contributed by atoms with Crippen LogP contribution in [0.15, 0.2) is 52.4 Å². The van der Waals surface area contributed by atoms with Crippen LogP contribution in [-0.2, 0) is 12.8 Å². The van der Waals surface area contributed by atoms with Crippen molar-refractivity contribution in [2.45, 2.75) is 17.7 Å². The van der Waals surface area contributed by atoms with Crippen molar-refractivity contribution in [3.8, 4) is 0 Å². The third-order valence-electron chi connectivity index (χ3n) is 3.93. The molecule has 4 rings (SSSR count). The van der Waals surface area contributed by atoms with E-state index in [0.717, 1.165) is 21.9 Å². The first-order chi connectivity index (χ1) is 11.6. The highest BCUT2D eigenvalue weighted by Gasteiger charge is 2.15. The largest absolute Gasteiger partial charge is 0.279 e. The Kier molecular flexibility index (Phi) is 3.57. The molecule has 6 nitrogen and oxygen atoms in total. The monoisotopic (exact) mass is 337 g/mol. The summed E-state index contributed by atoms with van der Waals surface area (Å²) in [5.74, 6) is 1.97. The van der Waals surface area contributed by atoms with E-state index in [1.165, 1.54) is 0 Å². The van der Waals surface area contributed by atoms with Gasteiger partial charge in [-0.15, -0.1) is 10.2 Å². The maximum absolute atomic E-state index is 12.5. The van der Waals surface area contributed by atoms with Gasteiger partial charge in [0.2, 0.25) is 5.78 Å². The molecule has 0 aliphatic carbocycles. The second-order valence-corrected chi connectivity index (χ2v) is 6.59. The molecule has 0 unspecified atom stereocenters. The van der Waals surface area contributed by atoms with Gasteiger partial charge in [0.1, 0.15) is 5.82 Å². The summed E-state index contributed by atoms with van der Waals surface area (Å²) in [5.41, 5.74) is 1.83. The number of pyridine rings is 1. The Labute approximate surface area is 142 Å². The molecule has 0 saturated carbocycles. The Morgan fingerprint density at radius 1 is 1.17 bits per heavy atom. The van der Waals surface area contributed by atoms with Gasteiger partial charge in [0.25, 0.3) is 5.56 Å². The second-order valence-electron chi connectivity index (χ2n) is 5.59. The first-order valence-corrected chi connectivity index (χ1v) is 8.51. The Morgan fingerprint density at radius 3 is 2.83 bits per heavy atom. The van der Waals surface area contributed by atoms with Crippen molar-refractivity contribution in [1.82, 2.24) is 24.1 Å². The van der Waals surface area contributed by atoms with Gasteiger partial charge in [0, 0.05) is 13.2 Å². The van der Waals surface area contributed by atoms with E-state index in [1.807, 2.05) is 47.7 Å². The molecule has 0 bridgehead atoms. The lowest BCUT2D eigenvalue weighted by atomic mass is 10.1. The molecule has 0 aliphatic rings. The molecule has 0 spiro atoms. The lowest BCUT2D eigenvalue weighted by Crippen LogP contribution is -2.20. The summed E-state index contributed by atoms with van der Waals surface area (Å²) in [6.45, 7) is 1.98. The normalized spacial score (nSPS) is 11.4. The predicted octanol–water partition coefficient (Wildman–Crippen LogP) is 2.58. The van der Waals surface area contributed by atoms with Crippen LogP contribution in [0.25, 0.3) is 16.7 Å². The van der Waals surface area contributed by atoms with Crippen molar-refractivity contribution < 1.29 is 0 Å².